The number of aromatic hydroxyl groups is 1. The number of phenols is 1. The van der Waals surface area contributed by atoms with Crippen molar-refractivity contribution in [1.29, 1.82) is 0 Å². The largest absolute Gasteiger partial charge is 0.508 e. The lowest BCUT2D eigenvalue weighted by molar-refractivity contribution is 0.474. The predicted octanol–water partition coefficient (Wildman–Crippen LogP) is 3.70. The molecule has 2 aromatic carbocycles. The minimum absolute atomic E-state index is 0.345. The standard InChI is InChI=1S/C8H10O.C6H6/c1-6-3-4-8(9)5-7(6)2;1-2-4-6-5-3-1/h3-5,9H,1-2H3;1-6H. The second-order valence-corrected chi connectivity index (χ2v) is 3.42. The Kier molecular flexibility index (Phi) is 4.42. The van der Waals surface area contributed by atoms with E-state index in [0.717, 1.165) is 5.56 Å². The van der Waals surface area contributed by atoms with Crippen LogP contribution in [-0.2, 0) is 0 Å². The van der Waals surface area contributed by atoms with Crippen LogP contribution < -0.4 is 0 Å². The van der Waals surface area contributed by atoms with Crippen molar-refractivity contribution in [3.8, 4) is 5.75 Å². The molecule has 2 aromatic rings. The summed E-state index contributed by atoms with van der Waals surface area (Å²) >= 11 is 0. The van der Waals surface area contributed by atoms with Gasteiger partial charge >= 0.3 is 0 Å². The van der Waals surface area contributed by atoms with Gasteiger partial charge in [-0.3, -0.25) is 0 Å². The summed E-state index contributed by atoms with van der Waals surface area (Å²) in [5, 5.41) is 8.94. The van der Waals surface area contributed by atoms with Crippen LogP contribution in [0.3, 0.4) is 0 Å². The molecule has 0 radical (unpaired) electrons. The van der Waals surface area contributed by atoms with Crippen molar-refractivity contribution in [3.63, 3.8) is 0 Å². The number of aryl methyl sites for hydroxylation is 2. The zero-order valence-corrected chi connectivity index (χ0v) is 9.14. The van der Waals surface area contributed by atoms with Crippen LogP contribution >= 0.6 is 0 Å². The molecule has 0 bridgehead atoms. The molecule has 0 saturated carbocycles. The SMILES string of the molecule is Cc1ccc(O)cc1C.c1ccccc1. The molecule has 1 nitrogen and oxygen atoms in total. The normalized spacial score (nSPS) is 8.93. The first-order chi connectivity index (χ1) is 7.20. The molecule has 78 valence electrons. The van der Waals surface area contributed by atoms with E-state index in [9.17, 15) is 0 Å². The summed E-state index contributed by atoms with van der Waals surface area (Å²) in [5.74, 6) is 0.345. The maximum Gasteiger partial charge on any atom is 0.115 e. The molecule has 1 N–H and O–H groups in total. The van der Waals surface area contributed by atoms with Gasteiger partial charge in [0.2, 0.25) is 0 Å². The highest BCUT2D eigenvalue weighted by Gasteiger charge is 1.90. The third kappa shape index (κ3) is 4.32. The molecule has 0 aliphatic carbocycles. The molecule has 0 amide bonds. The summed E-state index contributed by atoms with van der Waals surface area (Å²) in [5.41, 5.74) is 2.35. The molecule has 1 heteroatoms. The lowest BCUT2D eigenvalue weighted by Gasteiger charge is -1.97. The fourth-order valence-electron chi connectivity index (χ4n) is 1.11. The van der Waals surface area contributed by atoms with Crippen molar-refractivity contribution in [2.24, 2.45) is 0 Å². The second-order valence-electron chi connectivity index (χ2n) is 3.42. The Balaban J connectivity index is 0.000000162. The highest BCUT2D eigenvalue weighted by Crippen LogP contribution is 2.13. The Hall–Kier alpha value is -1.76. The number of rotatable bonds is 0. The monoisotopic (exact) mass is 200 g/mol. The van der Waals surface area contributed by atoms with E-state index in [2.05, 4.69) is 0 Å². The Morgan fingerprint density at radius 1 is 0.733 bits per heavy atom. The van der Waals surface area contributed by atoms with E-state index in [4.69, 9.17) is 5.11 Å². The van der Waals surface area contributed by atoms with Gasteiger partial charge in [-0.1, -0.05) is 42.5 Å². The summed E-state index contributed by atoms with van der Waals surface area (Å²) in [4.78, 5) is 0. The molecule has 0 fully saturated rings. The number of hydrogen-bond donors (Lipinski definition) is 1. The summed E-state index contributed by atoms with van der Waals surface area (Å²) in [7, 11) is 0. The van der Waals surface area contributed by atoms with Gasteiger partial charge in [0.25, 0.3) is 0 Å². The molecule has 0 aliphatic heterocycles. The van der Waals surface area contributed by atoms with Gasteiger partial charge in [-0.25, -0.2) is 0 Å². The van der Waals surface area contributed by atoms with Gasteiger partial charge in [-0.15, -0.1) is 0 Å². The molecule has 2 rings (SSSR count). The third-order valence-corrected chi connectivity index (χ3v) is 2.16. The lowest BCUT2D eigenvalue weighted by Crippen LogP contribution is -1.76. The van der Waals surface area contributed by atoms with Crippen LogP contribution in [0.4, 0.5) is 0 Å². The fourth-order valence-corrected chi connectivity index (χ4v) is 1.11. The Morgan fingerprint density at radius 2 is 1.20 bits per heavy atom. The zero-order chi connectivity index (χ0) is 11.1. The van der Waals surface area contributed by atoms with Crippen molar-refractivity contribution in [2.45, 2.75) is 13.8 Å². The Bertz CT molecular complexity index is 367. The average Bonchev–Trinajstić information content (AvgIpc) is 2.27. The Labute approximate surface area is 91.0 Å². The van der Waals surface area contributed by atoms with Crippen LogP contribution in [-0.4, -0.2) is 5.11 Å². The number of hydrogen-bond acceptors (Lipinski definition) is 1. The third-order valence-electron chi connectivity index (χ3n) is 2.16. The molecule has 0 saturated heterocycles. The molecule has 0 heterocycles. The molecule has 0 unspecified atom stereocenters. The first kappa shape index (κ1) is 11.3. The molecule has 0 spiro atoms. The second kappa shape index (κ2) is 5.86. The van der Waals surface area contributed by atoms with Gasteiger partial charge < -0.3 is 5.11 Å². The van der Waals surface area contributed by atoms with Crippen molar-refractivity contribution in [2.75, 3.05) is 0 Å². The van der Waals surface area contributed by atoms with Crippen LogP contribution in [0.15, 0.2) is 54.6 Å². The minimum Gasteiger partial charge on any atom is -0.508 e. The van der Waals surface area contributed by atoms with Gasteiger partial charge in [0.05, 0.1) is 0 Å². The van der Waals surface area contributed by atoms with Gasteiger partial charge in [0.1, 0.15) is 5.75 Å². The van der Waals surface area contributed by atoms with Gasteiger partial charge in [0.15, 0.2) is 0 Å². The summed E-state index contributed by atoms with van der Waals surface area (Å²) in [6.07, 6.45) is 0. The smallest absolute Gasteiger partial charge is 0.115 e. The van der Waals surface area contributed by atoms with Crippen molar-refractivity contribution in [1.82, 2.24) is 0 Å². The zero-order valence-electron chi connectivity index (χ0n) is 9.14. The maximum absolute atomic E-state index is 8.94. The van der Waals surface area contributed by atoms with Crippen LogP contribution in [0.1, 0.15) is 11.1 Å². The first-order valence-corrected chi connectivity index (χ1v) is 4.96. The van der Waals surface area contributed by atoms with Crippen molar-refractivity contribution < 1.29 is 5.11 Å². The van der Waals surface area contributed by atoms with E-state index in [1.54, 1.807) is 12.1 Å². The summed E-state index contributed by atoms with van der Waals surface area (Å²) < 4.78 is 0. The van der Waals surface area contributed by atoms with Crippen LogP contribution in [0.25, 0.3) is 0 Å². The summed E-state index contributed by atoms with van der Waals surface area (Å²) in [6, 6.07) is 17.4. The van der Waals surface area contributed by atoms with Gasteiger partial charge in [0, 0.05) is 0 Å². The van der Waals surface area contributed by atoms with Gasteiger partial charge in [-0.2, -0.15) is 0 Å². The minimum atomic E-state index is 0.345. The lowest BCUT2D eigenvalue weighted by atomic mass is 10.1. The van der Waals surface area contributed by atoms with E-state index in [0.29, 0.717) is 5.75 Å². The van der Waals surface area contributed by atoms with Crippen LogP contribution in [0.2, 0.25) is 0 Å². The quantitative estimate of drug-likeness (QED) is 0.687. The maximum atomic E-state index is 8.94. The average molecular weight is 200 g/mol. The van der Waals surface area contributed by atoms with E-state index < -0.39 is 0 Å². The Morgan fingerprint density at radius 3 is 1.53 bits per heavy atom. The van der Waals surface area contributed by atoms with Crippen molar-refractivity contribution >= 4 is 0 Å². The number of benzene rings is 2. The fraction of sp³-hybridized carbons (Fsp3) is 0.143. The molecule has 15 heavy (non-hydrogen) atoms. The van der Waals surface area contributed by atoms with E-state index in [1.165, 1.54) is 5.56 Å². The van der Waals surface area contributed by atoms with E-state index in [1.807, 2.05) is 56.3 Å². The van der Waals surface area contributed by atoms with Gasteiger partial charge in [-0.05, 0) is 37.1 Å². The van der Waals surface area contributed by atoms with E-state index >= 15 is 0 Å². The first-order valence-electron chi connectivity index (χ1n) is 4.96. The topological polar surface area (TPSA) is 20.2 Å². The molecular weight excluding hydrogens is 184 g/mol. The highest BCUT2D eigenvalue weighted by molar-refractivity contribution is 5.32. The predicted molar refractivity (Wildman–Crippen MR) is 64.0 cm³/mol. The molecule has 0 aromatic heterocycles. The van der Waals surface area contributed by atoms with E-state index in [-0.39, 0.29) is 0 Å². The summed E-state index contributed by atoms with van der Waals surface area (Å²) in [6.45, 7) is 4.00. The molecular formula is C14H16O. The van der Waals surface area contributed by atoms with Crippen molar-refractivity contribution in [3.05, 3.63) is 65.7 Å². The van der Waals surface area contributed by atoms with Crippen LogP contribution in [0, 0.1) is 13.8 Å². The highest BCUT2D eigenvalue weighted by atomic mass is 16.3. The number of phenolic OH excluding ortho intramolecular Hbond substituents is 1. The molecule has 0 aliphatic rings. The van der Waals surface area contributed by atoms with Crippen LogP contribution in [0.5, 0.6) is 5.75 Å². The molecule has 0 atom stereocenters.